The van der Waals surface area contributed by atoms with E-state index >= 15 is 0 Å². The van der Waals surface area contributed by atoms with Crippen molar-refractivity contribution in [2.75, 3.05) is 13.2 Å². The Morgan fingerprint density at radius 3 is 3.07 bits per heavy atom. The highest BCUT2D eigenvalue weighted by atomic mass is 16.5. The van der Waals surface area contributed by atoms with E-state index in [-0.39, 0.29) is 6.10 Å². The van der Waals surface area contributed by atoms with E-state index in [4.69, 9.17) is 15.0 Å². The Morgan fingerprint density at radius 1 is 1.40 bits per heavy atom. The normalized spacial score (nSPS) is 21.8. The Bertz CT molecular complexity index is 295. The van der Waals surface area contributed by atoms with Crippen LogP contribution in [0.15, 0.2) is 4.52 Å². The molecule has 1 fully saturated rings. The number of ether oxygens (including phenoxy) is 1. The zero-order valence-electron chi connectivity index (χ0n) is 8.82. The largest absolute Gasteiger partial charge is 0.378 e. The van der Waals surface area contributed by atoms with Crippen molar-refractivity contribution in [3.63, 3.8) is 0 Å². The highest BCUT2D eigenvalue weighted by Gasteiger charge is 2.17. The van der Waals surface area contributed by atoms with Crippen LogP contribution in [0.1, 0.15) is 31.0 Å². The molecule has 2 rings (SSSR count). The molecule has 1 aromatic heterocycles. The summed E-state index contributed by atoms with van der Waals surface area (Å²) < 4.78 is 10.7. The van der Waals surface area contributed by atoms with E-state index in [0.717, 1.165) is 19.4 Å². The first-order chi connectivity index (χ1) is 7.38. The number of nitrogens with two attached hydrogens (primary N) is 1. The molecule has 1 unspecified atom stereocenters. The summed E-state index contributed by atoms with van der Waals surface area (Å²) in [5, 5.41) is 3.85. The van der Waals surface area contributed by atoms with Crippen molar-refractivity contribution < 1.29 is 9.26 Å². The summed E-state index contributed by atoms with van der Waals surface area (Å²) in [6.45, 7) is 1.41. The molecule has 0 spiro atoms. The molecule has 84 valence electrons. The third-order valence-corrected chi connectivity index (χ3v) is 2.55. The van der Waals surface area contributed by atoms with Gasteiger partial charge < -0.3 is 15.0 Å². The van der Waals surface area contributed by atoms with Crippen molar-refractivity contribution in [2.45, 2.75) is 38.2 Å². The van der Waals surface area contributed by atoms with Gasteiger partial charge in [0.1, 0.15) is 0 Å². The van der Waals surface area contributed by atoms with E-state index in [1.54, 1.807) is 0 Å². The minimum Gasteiger partial charge on any atom is -0.378 e. The quantitative estimate of drug-likeness (QED) is 0.792. The van der Waals surface area contributed by atoms with Crippen molar-refractivity contribution in [1.29, 1.82) is 0 Å². The summed E-state index contributed by atoms with van der Waals surface area (Å²) in [5.41, 5.74) is 5.41. The van der Waals surface area contributed by atoms with Gasteiger partial charge in [0.15, 0.2) is 5.82 Å². The minimum absolute atomic E-state index is 0.255. The Balaban J connectivity index is 1.86. The summed E-state index contributed by atoms with van der Waals surface area (Å²) >= 11 is 0. The van der Waals surface area contributed by atoms with E-state index in [0.29, 0.717) is 24.7 Å². The molecule has 2 heterocycles. The van der Waals surface area contributed by atoms with E-state index < -0.39 is 0 Å². The number of aromatic nitrogens is 2. The fourth-order valence-corrected chi connectivity index (χ4v) is 1.77. The maximum atomic E-state index is 5.60. The first-order valence-electron chi connectivity index (χ1n) is 5.51. The summed E-state index contributed by atoms with van der Waals surface area (Å²) in [6, 6.07) is 0. The maximum Gasteiger partial charge on any atom is 0.229 e. The molecule has 0 aliphatic carbocycles. The third-order valence-electron chi connectivity index (χ3n) is 2.55. The van der Waals surface area contributed by atoms with Gasteiger partial charge in [0.25, 0.3) is 0 Å². The van der Waals surface area contributed by atoms with Crippen LogP contribution in [0.25, 0.3) is 0 Å². The van der Waals surface area contributed by atoms with Gasteiger partial charge in [0.05, 0.1) is 12.5 Å². The fraction of sp³-hybridized carbons (Fsp3) is 0.800. The average Bonchev–Trinajstić information content (AvgIpc) is 2.68. The van der Waals surface area contributed by atoms with Gasteiger partial charge in [-0.2, -0.15) is 4.98 Å². The van der Waals surface area contributed by atoms with Crippen molar-refractivity contribution in [3.05, 3.63) is 11.7 Å². The molecule has 0 bridgehead atoms. The van der Waals surface area contributed by atoms with E-state index in [1.807, 2.05) is 0 Å². The second-order valence-electron chi connectivity index (χ2n) is 3.84. The second kappa shape index (κ2) is 5.23. The van der Waals surface area contributed by atoms with Crippen LogP contribution in [0.4, 0.5) is 0 Å². The minimum atomic E-state index is 0.255. The zero-order valence-corrected chi connectivity index (χ0v) is 8.82. The molecule has 0 saturated carbocycles. The van der Waals surface area contributed by atoms with Gasteiger partial charge in [0, 0.05) is 13.0 Å². The topological polar surface area (TPSA) is 74.2 Å². The monoisotopic (exact) mass is 211 g/mol. The molecule has 0 amide bonds. The van der Waals surface area contributed by atoms with E-state index in [2.05, 4.69) is 10.1 Å². The molecule has 1 aromatic rings. The van der Waals surface area contributed by atoms with Gasteiger partial charge in [-0.25, -0.2) is 0 Å². The number of nitrogens with zero attached hydrogens (tertiary/aromatic N) is 2. The first-order valence-corrected chi connectivity index (χ1v) is 5.51. The van der Waals surface area contributed by atoms with Gasteiger partial charge in [-0.1, -0.05) is 5.16 Å². The molecule has 1 aliphatic heterocycles. The molecule has 1 atom stereocenters. The summed E-state index contributed by atoms with van der Waals surface area (Å²) in [6.07, 6.45) is 5.15. The van der Waals surface area contributed by atoms with Crippen LogP contribution in [0, 0.1) is 0 Å². The molecular weight excluding hydrogens is 194 g/mol. The van der Waals surface area contributed by atoms with Crippen LogP contribution >= 0.6 is 0 Å². The Hall–Kier alpha value is -0.940. The Kier molecular flexibility index (Phi) is 3.69. The molecule has 5 heteroatoms. The van der Waals surface area contributed by atoms with Gasteiger partial charge in [-0.05, 0) is 25.8 Å². The predicted octanol–water partition coefficient (Wildman–Crippen LogP) is 0.682. The highest BCUT2D eigenvalue weighted by Crippen LogP contribution is 2.16. The lowest BCUT2D eigenvalue weighted by Crippen LogP contribution is -2.21. The van der Waals surface area contributed by atoms with Crippen molar-refractivity contribution in [1.82, 2.24) is 10.1 Å². The predicted molar refractivity (Wildman–Crippen MR) is 54.4 cm³/mol. The average molecular weight is 211 g/mol. The molecular formula is C10H17N3O2. The van der Waals surface area contributed by atoms with Gasteiger partial charge in [-0.15, -0.1) is 0 Å². The number of rotatable bonds is 4. The molecule has 0 aromatic carbocycles. The van der Waals surface area contributed by atoms with E-state index in [1.165, 1.54) is 12.8 Å². The molecule has 1 aliphatic rings. The van der Waals surface area contributed by atoms with Crippen LogP contribution in [0.3, 0.4) is 0 Å². The Labute approximate surface area is 89.0 Å². The maximum absolute atomic E-state index is 5.60. The van der Waals surface area contributed by atoms with Crippen LogP contribution in [0.2, 0.25) is 0 Å². The molecule has 15 heavy (non-hydrogen) atoms. The second-order valence-corrected chi connectivity index (χ2v) is 3.84. The van der Waals surface area contributed by atoms with Gasteiger partial charge in [0.2, 0.25) is 5.89 Å². The standard InChI is InChI=1S/C10H17N3O2/c11-5-4-9-12-10(15-13-9)7-8-3-1-2-6-14-8/h8H,1-7,11H2. The van der Waals surface area contributed by atoms with Gasteiger partial charge >= 0.3 is 0 Å². The lowest BCUT2D eigenvalue weighted by atomic mass is 10.1. The molecule has 2 N–H and O–H groups in total. The smallest absolute Gasteiger partial charge is 0.229 e. The fourth-order valence-electron chi connectivity index (χ4n) is 1.77. The Morgan fingerprint density at radius 2 is 2.33 bits per heavy atom. The highest BCUT2D eigenvalue weighted by molar-refractivity contribution is 4.89. The van der Waals surface area contributed by atoms with Crippen molar-refractivity contribution in [2.24, 2.45) is 5.73 Å². The first kappa shape index (κ1) is 10.6. The van der Waals surface area contributed by atoms with Crippen LogP contribution < -0.4 is 5.73 Å². The number of hydrogen-bond acceptors (Lipinski definition) is 5. The van der Waals surface area contributed by atoms with Crippen LogP contribution in [0.5, 0.6) is 0 Å². The van der Waals surface area contributed by atoms with Crippen LogP contribution in [-0.4, -0.2) is 29.4 Å². The lowest BCUT2D eigenvalue weighted by molar-refractivity contribution is 0.0124. The lowest BCUT2D eigenvalue weighted by Gasteiger charge is -2.20. The summed E-state index contributed by atoms with van der Waals surface area (Å²) in [7, 11) is 0. The summed E-state index contributed by atoms with van der Waals surface area (Å²) in [4.78, 5) is 4.26. The zero-order chi connectivity index (χ0) is 10.5. The molecule has 1 saturated heterocycles. The molecule has 0 radical (unpaired) electrons. The van der Waals surface area contributed by atoms with Crippen molar-refractivity contribution >= 4 is 0 Å². The van der Waals surface area contributed by atoms with Crippen LogP contribution in [-0.2, 0) is 17.6 Å². The van der Waals surface area contributed by atoms with Gasteiger partial charge in [-0.3, -0.25) is 0 Å². The van der Waals surface area contributed by atoms with Crippen molar-refractivity contribution in [3.8, 4) is 0 Å². The third kappa shape index (κ3) is 3.00. The van der Waals surface area contributed by atoms with E-state index in [9.17, 15) is 0 Å². The molecule has 5 nitrogen and oxygen atoms in total. The SMILES string of the molecule is NCCc1noc(CC2CCCCO2)n1. The number of hydrogen-bond donors (Lipinski definition) is 1. The summed E-state index contributed by atoms with van der Waals surface area (Å²) in [5.74, 6) is 1.37.